The van der Waals surface area contributed by atoms with Crippen molar-refractivity contribution in [2.24, 2.45) is 0 Å². The topological polar surface area (TPSA) is 70.5 Å². The highest BCUT2D eigenvalue weighted by Crippen LogP contribution is 2.40. The Morgan fingerprint density at radius 3 is 2.55 bits per heavy atom. The molecule has 7 heteroatoms. The lowest BCUT2D eigenvalue weighted by atomic mass is 9.94. The molecule has 3 aromatic rings. The van der Waals surface area contributed by atoms with Crippen molar-refractivity contribution >= 4 is 29.1 Å². The summed E-state index contributed by atoms with van der Waals surface area (Å²) in [6, 6.07) is 13.5. The molecule has 1 unspecified atom stereocenters. The summed E-state index contributed by atoms with van der Waals surface area (Å²) in [5.41, 5.74) is 1.88. The number of aliphatic hydroxyl groups is 1. The van der Waals surface area contributed by atoms with Crippen LogP contribution >= 0.6 is 11.6 Å². The van der Waals surface area contributed by atoms with Crippen LogP contribution in [-0.2, 0) is 16.1 Å². The third-order valence-electron chi connectivity index (χ3n) is 5.23. The van der Waals surface area contributed by atoms with Gasteiger partial charge in [0.25, 0.3) is 11.7 Å². The molecular weight excluding hydrogens is 419 g/mol. The van der Waals surface area contributed by atoms with Crippen LogP contribution in [0.3, 0.4) is 0 Å². The molecule has 156 valence electrons. The zero-order valence-electron chi connectivity index (χ0n) is 16.5. The average Bonchev–Trinajstić information content (AvgIpc) is 3.01. The molecule has 4 rings (SSSR count). The number of rotatable bonds is 4. The highest BCUT2D eigenvalue weighted by Gasteiger charge is 2.46. The van der Waals surface area contributed by atoms with Gasteiger partial charge in [0.05, 0.1) is 11.6 Å². The summed E-state index contributed by atoms with van der Waals surface area (Å²) < 4.78 is 13.7. The third-order valence-corrected chi connectivity index (χ3v) is 5.48. The normalized spacial score (nSPS) is 17.9. The van der Waals surface area contributed by atoms with E-state index in [0.717, 1.165) is 5.56 Å². The first-order valence-electron chi connectivity index (χ1n) is 9.56. The van der Waals surface area contributed by atoms with E-state index >= 15 is 0 Å². The van der Waals surface area contributed by atoms with Crippen molar-refractivity contribution in [1.82, 2.24) is 9.88 Å². The van der Waals surface area contributed by atoms with Gasteiger partial charge in [0.2, 0.25) is 0 Å². The highest BCUT2D eigenvalue weighted by molar-refractivity contribution is 6.46. The lowest BCUT2D eigenvalue weighted by Gasteiger charge is -2.25. The summed E-state index contributed by atoms with van der Waals surface area (Å²) in [4.78, 5) is 31.4. The molecule has 1 aliphatic heterocycles. The highest BCUT2D eigenvalue weighted by atomic mass is 35.5. The van der Waals surface area contributed by atoms with Crippen LogP contribution in [0.2, 0.25) is 5.02 Å². The molecule has 1 atom stereocenters. The zero-order chi connectivity index (χ0) is 22.1. The van der Waals surface area contributed by atoms with Gasteiger partial charge in [0.15, 0.2) is 0 Å². The van der Waals surface area contributed by atoms with Crippen molar-refractivity contribution in [3.63, 3.8) is 0 Å². The summed E-state index contributed by atoms with van der Waals surface area (Å²) in [5.74, 6) is -2.31. The quantitative estimate of drug-likeness (QED) is 0.362. The van der Waals surface area contributed by atoms with Gasteiger partial charge in [-0.15, -0.1) is 0 Å². The molecule has 0 radical (unpaired) electrons. The second-order valence-electron chi connectivity index (χ2n) is 7.30. The smallest absolute Gasteiger partial charge is 0.295 e. The van der Waals surface area contributed by atoms with Gasteiger partial charge in [0, 0.05) is 29.5 Å². The summed E-state index contributed by atoms with van der Waals surface area (Å²) in [6.07, 6.45) is 3.23. The first-order chi connectivity index (χ1) is 14.9. The number of aliphatic hydroxyl groups excluding tert-OH is 1. The van der Waals surface area contributed by atoms with Gasteiger partial charge in [-0.1, -0.05) is 29.8 Å². The number of hydrogen-bond acceptors (Lipinski definition) is 4. The number of ketones is 1. The van der Waals surface area contributed by atoms with Crippen LogP contribution in [-0.4, -0.2) is 26.7 Å². The molecule has 5 nitrogen and oxygen atoms in total. The fourth-order valence-electron chi connectivity index (χ4n) is 3.67. The average molecular weight is 437 g/mol. The van der Waals surface area contributed by atoms with E-state index in [9.17, 15) is 19.1 Å². The maximum atomic E-state index is 13.7. The second kappa shape index (κ2) is 8.32. The van der Waals surface area contributed by atoms with Crippen LogP contribution in [0.5, 0.6) is 0 Å². The van der Waals surface area contributed by atoms with Crippen LogP contribution in [0.1, 0.15) is 28.3 Å². The zero-order valence-corrected chi connectivity index (χ0v) is 17.3. The number of benzene rings is 2. The van der Waals surface area contributed by atoms with E-state index < -0.39 is 23.5 Å². The number of aryl methyl sites for hydroxylation is 1. The summed E-state index contributed by atoms with van der Waals surface area (Å²) >= 11 is 6.02. The minimum Gasteiger partial charge on any atom is -0.507 e. The largest absolute Gasteiger partial charge is 0.507 e. The fourth-order valence-corrected chi connectivity index (χ4v) is 3.80. The predicted octanol–water partition coefficient (Wildman–Crippen LogP) is 4.80. The number of nitrogens with zero attached hydrogens (tertiary/aromatic N) is 2. The maximum absolute atomic E-state index is 13.7. The number of Topliss-reactive ketones (excluding diaryl/α,β-unsaturated/α-hetero) is 1. The molecule has 0 saturated carbocycles. The minimum absolute atomic E-state index is 0.0535. The Kier molecular flexibility index (Phi) is 5.57. The standard InChI is InChI=1S/C24H18ClFN2O3/c1-14-11-17(6-9-19(14)26)22(29)20-21(16-4-7-18(25)8-5-16)28(24(31)23(20)30)13-15-3-2-10-27-12-15/h2-12,21,29H,13H2,1H3/b22-20-. The van der Waals surface area contributed by atoms with Crippen LogP contribution in [0.15, 0.2) is 72.6 Å². The summed E-state index contributed by atoms with van der Waals surface area (Å²) in [6.45, 7) is 1.69. The Balaban J connectivity index is 1.87. The Hall–Kier alpha value is -3.51. The minimum atomic E-state index is -0.831. The van der Waals surface area contributed by atoms with Gasteiger partial charge in [-0.2, -0.15) is 0 Å². The molecule has 1 saturated heterocycles. The molecule has 2 heterocycles. The molecule has 1 fully saturated rings. The number of halogens is 2. The molecule has 1 aliphatic rings. The van der Waals surface area contributed by atoms with E-state index in [4.69, 9.17) is 11.6 Å². The Morgan fingerprint density at radius 1 is 1.16 bits per heavy atom. The van der Waals surface area contributed by atoms with Crippen molar-refractivity contribution in [2.75, 3.05) is 0 Å². The van der Waals surface area contributed by atoms with Gasteiger partial charge in [-0.3, -0.25) is 14.6 Å². The second-order valence-corrected chi connectivity index (χ2v) is 7.74. The maximum Gasteiger partial charge on any atom is 0.295 e. The number of amides is 1. The molecule has 31 heavy (non-hydrogen) atoms. The van der Waals surface area contributed by atoms with Gasteiger partial charge in [-0.05, 0) is 60.0 Å². The summed E-state index contributed by atoms with van der Waals surface area (Å²) in [5, 5.41) is 11.5. The van der Waals surface area contributed by atoms with Crippen LogP contribution in [0.4, 0.5) is 4.39 Å². The van der Waals surface area contributed by atoms with Crippen LogP contribution in [0.25, 0.3) is 5.76 Å². The molecule has 0 spiro atoms. The molecular formula is C24H18ClFN2O3. The Labute approximate surface area is 183 Å². The molecule has 1 aromatic heterocycles. The van der Waals surface area contributed by atoms with E-state index in [-0.39, 0.29) is 23.4 Å². The molecule has 1 N–H and O–H groups in total. The summed E-state index contributed by atoms with van der Waals surface area (Å²) in [7, 11) is 0. The van der Waals surface area contributed by atoms with Crippen LogP contribution in [0, 0.1) is 12.7 Å². The SMILES string of the molecule is Cc1cc(/C(O)=C2/C(=O)C(=O)N(Cc3cccnc3)C2c2ccc(Cl)cc2)ccc1F. The monoisotopic (exact) mass is 436 g/mol. The van der Waals surface area contributed by atoms with E-state index in [2.05, 4.69) is 4.98 Å². The fraction of sp³-hybridized carbons (Fsp3) is 0.125. The van der Waals surface area contributed by atoms with E-state index in [1.54, 1.807) is 55.7 Å². The third kappa shape index (κ3) is 3.94. The predicted molar refractivity (Wildman–Crippen MR) is 115 cm³/mol. The van der Waals surface area contributed by atoms with Gasteiger partial charge in [-0.25, -0.2) is 4.39 Å². The first-order valence-corrected chi connectivity index (χ1v) is 9.94. The van der Waals surface area contributed by atoms with Crippen molar-refractivity contribution in [1.29, 1.82) is 0 Å². The molecule has 0 bridgehead atoms. The lowest BCUT2D eigenvalue weighted by Crippen LogP contribution is -2.29. The van der Waals surface area contributed by atoms with E-state index in [0.29, 0.717) is 16.1 Å². The van der Waals surface area contributed by atoms with Crippen molar-refractivity contribution in [3.05, 3.63) is 106 Å². The number of carbonyl (C=O) groups excluding carboxylic acids is 2. The number of pyridine rings is 1. The van der Waals surface area contributed by atoms with Gasteiger partial charge in [0.1, 0.15) is 11.6 Å². The molecule has 2 aromatic carbocycles. The Bertz CT molecular complexity index is 1190. The van der Waals surface area contributed by atoms with Crippen LogP contribution < -0.4 is 0 Å². The van der Waals surface area contributed by atoms with Gasteiger partial charge < -0.3 is 10.0 Å². The number of carbonyl (C=O) groups is 2. The van der Waals surface area contributed by atoms with Crippen molar-refractivity contribution in [2.45, 2.75) is 19.5 Å². The Morgan fingerprint density at radius 2 is 1.90 bits per heavy atom. The van der Waals surface area contributed by atoms with Crippen molar-refractivity contribution in [3.8, 4) is 0 Å². The van der Waals surface area contributed by atoms with E-state index in [1.807, 2.05) is 0 Å². The number of hydrogen-bond donors (Lipinski definition) is 1. The van der Waals surface area contributed by atoms with Gasteiger partial charge >= 0.3 is 0 Å². The number of likely N-dealkylation sites (tertiary alicyclic amines) is 1. The molecule has 0 aliphatic carbocycles. The lowest BCUT2D eigenvalue weighted by molar-refractivity contribution is -0.140. The van der Waals surface area contributed by atoms with Crippen molar-refractivity contribution < 1.29 is 19.1 Å². The first kappa shape index (κ1) is 20.8. The van der Waals surface area contributed by atoms with E-state index in [1.165, 1.54) is 23.1 Å². The number of aromatic nitrogens is 1. The molecule has 1 amide bonds.